The Labute approximate surface area is 129 Å². The van der Waals surface area contributed by atoms with Crippen LogP contribution in [0.2, 0.25) is 5.02 Å². The van der Waals surface area contributed by atoms with Gasteiger partial charge in [-0.1, -0.05) is 55.3 Å². The Balaban J connectivity index is 1.99. The van der Waals surface area contributed by atoms with Crippen molar-refractivity contribution in [2.75, 3.05) is 11.4 Å². The molecular weight excluding hydrogens is 286 g/mol. The maximum absolute atomic E-state index is 6.19. The summed E-state index contributed by atoms with van der Waals surface area (Å²) in [6.07, 6.45) is 3.72. The fourth-order valence-electron chi connectivity index (χ4n) is 2.56. The molecule has 1 aliphatic rings. The van der Waals surface area contributed by atoms with Gasteiger partial charge >= 0.3 is 0 Å². The first-order valence-electron chi connectivity index (χ1n) is 7.13. The molecule has 0 amide bonds. The van der Waals surface area contributed by atoms with Crippen molar-refractivity contribution >= 4 is 34.7 Å². The summed E-state index contributed by atoms with van der Waals surface area (Å²) < 4.78 is 0. The second kappa shape index (κ2) is 6.11. The third-order valence-corrected chi connectivity index (χ3v) is 4.94. The van der Waals surface area contributed by atoms with Crippen molar-refractivity contribution in [1.29, 1.82) is 0 Å². The van der Waals surface area contributed by atoms with E-state index in [0.29, 0.717) is 0 Å². The van der Waals surface area contributed by atoms with Crippen molar-refractivity contribution < 1.29 is 0 Å². The molecule has 2 aromatic rings. The van der Waals surface area contributed by atoms with Crippen LogP contribution in [0.1, 0.15) is 26.2 Å². The van der Waals surface area contributed by atoms with Crippen LogP contribution < -0.4 is 4.90 Å². The highest BCUT2D eigenvalue weighted by Gasteiger charge is 2.22. The van der Waals surface area contributed by atoms with Crippen LogP contribution >= 0.6 is 23.4 Å². The molecule has 1 aliphatic heterocycles. The average Bonchev–Trinajstić information content (AvgIpc) is 2.47. The van der Waals surface area contributed by atoms with Crippen LogP contribution in [-0.4, -0.2) is 6.54 Å². The van der Waals surface area contributed by atoms with Crippen molar-refractivity contribution in [2.24, 2.45) is 0 Å². The summed E-state index contributed by atoms with van der Waals surface area (Å²) in [4.78, 5) is 5.05. The van der Waals surface area contributed by atoms with Gasteiger partial charge in [-0.2, -0.15) is 0 Å². The van der Waals surface area contributed by atoms with Crippen LogP contribution in [-0.2, 0) is 0 Å². The van der Waals surface area contributed by atoms with Crippen molar-refractivity contribution in [2.45, 2.75) is 36.0 Å². The van der Waals surface area contributed by atoms with Crippen LogP contribution in [0.15, 0.2) is 52.3 Å². The molecule has 104 valence electrons. The second-order valence-electron chi connectivity index (χ2n) is 5.04. The van der Waals surface area contributed by atoms with Crippen LogP contribution in [0.4, 0.5) is 11.4 Å². The van der Waals surface area contributed by atoms with E-state index in [4.69, 9.17) is 11.6 Å². The van der Waals surface area contributed by atoms with Crippen LogP contribution in [0.5, 0.6) is 0 Å². The van der Waals surface area contributed by atoms with E-state index >= 15 is 0 Å². The molecule has 0 atom stereocenters. The molecule has 3 rings (SSSR count). The number of para-hydroxylation sites is 1. The number of halogens is 1. The molecule has 0 N–H and O–H groups in total. The molecule has 0 bridgehead atoms. The summed E-state index contributed by atoms with van der Waals surface area (Å²) in [5.74, 6) is 0. The van der Waals surface area contributed by atoms with Gasteiger partial charge in [-0.15, -0.1) is 0 Å². The highest BCUT2D eigenvalue weighted by molar-refractivity contribution is 7.99. The monoisotopic (exact) mass is 303 g/mol. The minimum Gasteiger partial charge on any atom is -0.340 e. The van der Waals surface area contributed by atoms with Crippen molar-refractivity contribution in [3.8, 4) is 0 Å². The standard InChI is InChI=1S/C17H18ClNS/c1-2-3-6-11-19-14-7-4-5-8-16(14)20-17-10-9-13(18)12-15(17)19/h4-5,7-10,12H,2-3,6,11H2,1H3. The molecule has 0 aliphatic carbocycles. The molecule has 0 fully saturated rings. The van der Waals surface area contributed by atoms with Gasteiger partial charge in [0, 0.05) is 21.4 Å². The lowest BCUT2D eigenvalue weighted by atomic mass is 10.2. The van der Waals surface area contributed by atoms with Gasteiger partial charge in [-0.05, 0) is 36.8 Å². The molecule has 1 heterocycles. The fourth-order valence-corrected chi connectivity index (χ4v) is 3.81. The Morgan fingerprint density at radius 2 is 1.80 bits per heavy atom. The predicted octanol–water partition coefficient (Wildman–Crippen LogP) is 6.13. The Morgan fingerprint density at radius 3 is 2.65 bits per heavy atom. The van der Waals surface area contributed by atoms with Gasteiger partial charge < -0.3 is 4.90 Å². The van der Waals surface area contributed by atoms with Crippen LogP contribution in [0.25, 0.3) is 0 Å². The quantitative estimate of drug-likeness (QED) is 0.625. The normalized spacial score (nSPS) is 13.0. The SMILES string of the molecule is CCCCCN1c2ccccc2Sc2ccc(Cl)cc21. The fraction of sp³-hybridized carbons (Fsp3) is 0.294. The van der Waals surface area contributed by atoms with E-state index in [-0.39, 0.29) is 0 Å². The molecule has 0 saturated heterocycles. The van der Waals surface area contributed by atoms with E-state index < -0.39 is 0 Å². The lowest BCUT2D eigenvalue weighted by Gasteiger charge is -2.33. The minimum atomic E-state index is 0.809. The Kier molecular flexibility index (Phi) is 4.23. The molecule has 2 aromatic carbocycles. The van der Waals surface area contributed by atoms with Crippen LogP contribution in [0.3, 0.4) is 0 Å². The smallest absolute Gasteiger partial charge is 0.0567 e. The lowest BCUT2D eigenvalue weighted by molar-refractivity contribution is 0.712. The molecule has 3 heteroatoms. The number of nitrogens with zero attached hydrogens (tertiary/aromatic N) is 1. The predicted molar refractivity (Wildman–Crippen MR) is 88.5 cm³/mol. The van der Waals surface area contributed by atoms with Gasteiger partial charge in [-0.3, -0.25) is 0 Å². The van der Waals surface area contributed by atoms with Crippen molar-refractivity contribution in [3.05, 3.63) is 47.5 Å². The van der Waals surface area contributed by atoms with Gasteiger partial charge in [0.25, 0.3) is 0 Å². The first kappa shape index (κ1) is 13.8. The summed E-state index contributed by atoms with van der Waals surface area (Å²) in [6.45, 7) is 3.30. The van der Waals surface area contributed by atoms with E-state index in [0.717, 1.165) is 11.6 Å². The summed E-state index contributed by atoms with van der Waals surface area (Å²) >= 11 is 8.03. The number of hydrogen-bond donors (Lipinski definition) is 0. The van der Waals surface area contributed by atoms with Gasteiger partial charge in [0.2, 0.25) is 0 Å². The minimum absolute atomic E-state index is 0.809. The summed E-state index contributed by atoms with van der Waals surface area (Å²) in [7, 11) is 0. The van der Waals surface area contributed by atoms with E-state index in [1.54, 1.807) is 0 Å². The van der Waals surface area contributed by atoms with Crippen LogP contribution in [0, 0.1) is 0 Å². The molecular formula is C17H18ClNS. The lowest BCUT2D eigenvalue weighted by Crippen LogP contribution is -2.21. The molecule has 0 radical (unpaired) electrons. The Hall–Kier alpha value is -1.12. The number of unbranched alkanes of at least 4 members (excludes halogenated alkanes) is 2. The molecule has 20 heavy (non-hydrogen) atoms. The van der Waals surface area contributed by atoms with Crippen molar-refractivity contribution in [1.82, 2.24) is 0 Å². The topological polar surface area (TPSA) is 3.24 Å². The van der Waals surface area contributed by atoms with Gasteiger partial charge in [0.1, 0.15) is 0 Å². The van der Waals surface area contributed by atoms with E-state index in [9.17, 15) is 0 Å². The van der Waals surface area contributed by atoms with Gasteiger partial charge in [0.05, 0.1) is 11.4 Å². The third kappa shape index (κ3) is 2.68. The average molecular weight is 304 g/mol. The number of anilines is 2. The summed E-state index contributed by atoms with van der Waals surface area (Å²) in [5.41, 5.74) is 2.56. The highest BCUT2D eigenvalue weighted by atomic mass is 35.5. The first-order chi connectivity index (χ1) is 9.79. The molecule has 1 nitrogen and oxygen atoms in total. The van der Waals surface area contributed by atoms with Gasteiger partial charge in [-0.25, -0.2) is 0 Å². The van der Waals surface area contributed by atoms with E-state index in [2.05, 4.69) is 48.2 Å². The largest absolute Gasteiger partial charge is 0.340 e. The summed E-state index contributed by atoms with van der Waals surface area (Å²) in [5, 5.41) is 0.809. The second-order valence-corrected chi connectivity index (χ2v) is 6.56. The summed E-state index contributed by atoms with van der Waals surface area (Å²) in [6, 6.07) is 14.8. The first-order valence-corrected chi connectivity index (χ1v) is 8.33. The number of benzene rings is 2. The third-order valence-electron chi connectivity index (χ3n) is 3.57. The number of hydrogen-bond acceptors (Lipinski definition) is 2. The zero-order valence-electron chi connectivity index (χ0n) is 11.6. The van der Waals surface area contributed by atoms with Gasteiger partial charge in [0.15, 0.2) is 0 Å². The van der Waals surface area contributed by atoms with E-state index in [1.807, 2.05) is 17.8 Å². The van der Waals surface area contributed by atoms with Crippen molar-refractivity contribution in [3.63, 3.8) is 0 Å². The highest BCUT2D eigenvalue weighted by Crippen LogP contribution is 2.48. The zero-order chi connectivity index (χ0) is 13.9. The number of rotatable bonds is 4. The Morgan fingerprint density at radius 1 is 1.00 bits per heavy atom. The molecule has 0 spiro atoms. The molecule has 0 saturated carbocycles. The zero-order valence-corrected chi connectivity index (χ0v) is 13.2. The maximum Gasteiger partial charge on any atom is 0.0567 e. The molecule has 0 unspecified atom stereocenters. The van der Waals surface area contributed by atoms with E-state index in [1.165, 1.54) is 40.4 Å². The molecule has 0 aromatic heterocycles. The number of fused-ring (bicyclic) bond motifs is 2. The maximum atomic E-state index is 6.19. The Bertz CT molecular complexity index is 612.